The zero-order valence-corrected chi connectivity index (χ0v) is 25.4. The SMILES string of the molecule is COc1cc(N)c(Cl)cc1C(=O)N[C@@H]1CCN(CCNC(=O)c2ccc(C(=O)O[C@H]3CN4CCC3CC4)cc2)C[C@@H]1OC. The number of anilines is 1. The van der Waals surface area contributed by atoms with Crippen molar-refractivity contribution in [1.29, 1.82) is 0 Å². The number of likely N-dealkylation sites (tertiary alicyclic amines) is 1. The molecule has 2 amide bonds. The number of nitrogens with zero attached hydrogens (tertiary/aromatic N) is 2. The Kier molecular flexibility index (Phi) is 10.1. The molecule has 4 saturated heterocycles. The lowest BCUT2D eigenvalue weighted by atomic mass is 9.86. The number of hydrogen-bond donors (Lipinski definition) is 3. The van der Waals surface area contributed by atoms with Crippen molar-refractivity contribution in [3.63, 3.8) is 0 Å². The van der Waals surface area contributed by atoms with Crippen molar-refractivity contribution in [2.75, 3.05) is 65.8 Å². The topological polar surface area (TPSA) is 135 Å². The molecule has 232 valence electrons. The highest BCUT2D eigenvalue weighted by atomic mass is 35.5. The van der Waals surface area contributed by atoms with Gasteiger partial charge in [-0.3, -0.25) is 19.4 Å². The molecule has 43 heavy (non-hydrogen) atoms. The molecule has 4 aliphatic rings. The van der Waals surface area contributed by atoms with Crippen molar-refractivity contribution in [2.45, 2.75) is 37.5 Å². The summed E-state index contributed by atoms with van der Waals surface area (Å²) in [5, 5.41) is 6.27. The van der Waals surface area contributed by atoms with Crippen LogP contribution in [0.2, 0.25) is 5.02 Å². The van der Waals surface area contributed by atoms with Crippen LogP contribution in [0.5, 0.6) is 5.75 Å². The lowest BCUT2D eigenvalue weighted by molar-refractivity contribution is -0.0455. The number of hydrogen-bond acceptors (Lipinski definition) is 9. The summed E-state index contributed by atoms with van der Waals surface area (Å²) < 4.78 is 16.8. The number of halogens is 1. The van der Waals surface area contributed by atoms with E-state index in [0.717, 1.165) is 39.0 Å². The smallest absolute Gasteiger partial charge is 0.338 e. The minimum absolute atomic E-state index is 0.0524. The highest BCUT2D eigenvalue weighted by Crippen LogP contribution is 2.31. The second-order valence-electron chi connectivity index (χ2n) is 11.4. The van der Waals surface area contributed by atoms with Crippen molar-refractivity contribution in [1.82, 2.24) is 20.4 Å². The molecular weight excluding hydrogens is 574 g/mol. The fraction of sp³-hybridized carbons (Fsp3) is 0.516. The minimum Gasteiger partial charge on any atom is -0.496 e. The second kappa shape index (κ2) is 13.9. The lowest BCUT2D eigenvalue weighted by Crippen LogP contribution is -2.55. The van der Waals surface area contributed by atoms with Gasteiger partial charge in [0.25, 0.3) is 11.8 Å². The number of esters is 1. The Morgan fingerprint density at radius 3 is 2.33 bits per heavy atom. The van der Waals surface area contributed by atoms with E-state index in [4.69, 9.17) is 31.5 Å². The summed E-state index contributed by atoms with van der Waals surface area (Å²) in [6, 6.07) is 9.43. The van der Waals surface area contributed by atoms with E-state index in [1.54, 1.807) is 31.4 Å². The number of nitrogens with one attached hydrogen (secondary N) is 2. The standard InChI is InChI=1S/C31H40ClN5O6/c1-41-26-16-24(33)23(32)15-22(26)30(39)35-25-9-13-37(18-28(25)42-2)14-10-34-29(38)20-3-5-21(6-4-20)31(40)43-27-17-36-11-7-19(27)8-12-36/h3-6,15-16,19,25,27-28H,7-14,17-18,33H2,1-2H3,(H,34,38)(H,35,39)/t25-,27+,28+/m1/s1. The largest absolute Gasteiger partial charge is 0.496 e. The Bertz CT molecular complexity index is 1320. The third-order valence-electron chi connectivity index (χ3n) is 8.78. The highest BCUT2D eigenvalue weighted by Gasteiger charge is 2.36. The number of nitrogen functional groups attached to an aromatic ring is 1. The van der Waals surface area contributed by atoms with Crippen molar-refractivity contribution in [3.8, 4) is 5.75 Å². The first-order chi connectivity index (χ1) is 20.7. The Balaban J connectivity index is 1.06. The number of rotatable bonds is 10. The van der Waals surface area contributed by atoms with Crippen LogP contribution in [0.15, 0.2) is 36.4 Å². The number of nitrogens with two attached hydrogens (primary N) is 1. The van der Waals surface area contributed by atoms with Gasteiger partial charge in [0, 0.05) is 51.5 Å². The van der Waals surface area contributed by atoms with E-state index < -0.39 is 0 Å². The summed E-state index contributed by atoms with van der Waals surface area (Å²) in [6.45, 7) is 5.35. The molecule has 0 unspecified atom stereocenters. The molecule has 0 aliphatic carbocycles. The number of carbonyl (C=O) groups excluding carboxylic acids is 3. The van der Waals surface area contributed by atoms with Gasteiger partial charge in [0.05, 0.1) is 41.1 Å². The first-order valence-corrected chi connectivity index (χ1v) is 15.1. The summed E-state index contributed by atoms with van der Waals surface area (Å²) >= 11 is 6.14. The summed E-state index contributed by atoms with van der Waals surface area (Å²) in [5.41, 5.74) is 7.41. The van der Waals surface area contributed by atoms with Gasteiger partial charge in [0.1, 0.15) is 11.9 Å². The average molecular weight is 614 g/mol. The molecule has 6 rings (SSSR count). The van der Waals surface area contributed by atoms with E-state index in [2.05, 4.69) is 20.4 Å². The number of methoxy groups -OCH3 is 2. The van der Waals surface area contributed by atoms with E-state index in [9.17, 15) is 14.4 Å². The van der Waals surface area contributed by atoms with E-state index in [1.807, 2.05) is 0 Å². The highest BCUT2D eigenvalue weighted by molar-refractivity contribution is 6.33. The molecule has 0 spiro atoms. The first kappa shape index (κ1) is 31.1. The maximum absolute atomic E-state index is 13.0. The monoisotopic (exact) mass is 613 g/mol. The van der Waals surface area contributed by atoms with Gasteiger partial charge in [0.15, 0.2) is 0 Å². The number of amides is 2. The van der Waals surface area contributed by atoms with Crippen LogP contribution in [0, 0.1) is 5.92 Å². The quantitative estimate of drug-likeness (QED) is 0.273. The number of piperidine rings is 4. The fourth-order valence-electron chi connectivity index (χ4n) is 6.19. The van der Waals surface area contributed by atoms with Crippen LogP contribution in [-0.2, 0) is 9.47 Å². The minimum atomic E-state index is -0.339. The van der Waals surface area contributed by atoms with Gasteiger partial charge < -0.3 is 30.6 Å². The van der Waals surface area contributed by atoms with Crippen LogP contribution < -0.4 is 21.1 Å². The van der Waals surface area contributed by atoms with E-state index in [1.165, 1.54) is 19.2 Å². The molecular formula is C31H40ClN5O6. The number of benzene rings is 2. The number of carbonyl (C=O) groups is 3. The molecule has 2 aromatic rings. The average Bonchev–Trinajstić information content (AvgIpc) is 3.03. The first-order valence-electron chi connectivity index (χ1n) is 14.8. The third-order valence-corrected chi connectivity index (χ3v) is 9.10. The maximum Gasteiger partial charge on any atom is 0.338 e. The van der Waals surface area contributed by atoms with Crippen LogP contribution in [-0.4, -0.2) is 106 Å². The molecule has 4 heterocycles. The maximum atomic E-state index is 13.0. The molecule has 4 fully saturated rings. The van der Waals surface area contributed by atoms with Gasteiger partial charge in [-0.1, -0.05) is 11.6 Å². The molecule has 0 saturated carbocycles. The van der Waals surface area contributed by atoms with E-state index in [-0.39, 0.29) is 41.1 Å². The predicted molar refractivity (Wildman–Crippen MR) is 163 cm³/mol. The van der Waals surface area contributed by atoms with Gasteiger partial charge in [-0.15, -0.1) is 0 Å². The molecule has 2 bridgehead atoms. The van der Waals surface area contributed by atoms with Crippen LogP contribution >= 0.6 is 11.6 Å². The fourth-order valence-corrected chi connectivity index (χ4v) is 6.35. The van der Waals surface area contributed by atoms with Gasteiger partial charge in [0.2, 0.25) is 0 Å². The summed E-state index contributed by atoms with van der Waals surface area (Å²) in [4.78, 5) is 43.0. The van der Waals surface area contributed by atoms with Crippen molar-refractivity contribution >= 4 is 35.1 Å². The zero-order chi connectivity index (χ0) is 30.5. The summed E-state index contributed by atoms with van der Waals surface area (Å²) in [7, 11) is 3.09. The lowest BCUT2D eigenvalue weighted by Gasteiger charge is -2.43. The third kappa shape index (κ3) is 7.41. The second-order valence-corrected chi connectivity index (χ2v) is 11.8. The molecule has 0 aromatic heterocycles. The van der Waals surface area contributed by atoms with Gasteiger partial charge >= 0.3 is 5.97 Å². The number of fused-ring (bicyclic) bond motifs is 3. The van der Waals surface area contributed by atoms with Crippen molar-refractivity contribution < 1.29 is 28.6 Å². The van der Waals surface area contributed by atoms with Crippen LogP contribution in [0.3, 0.4) is 0 Å². The zero-order valence-electron chi connectivity index (χ0n) is 24.6. The predicted octanol–water partition coefficient (Wildman–Crippen LogP) is 2.43. The molecule has 4 aliphatic heterocycles. The Morgan fingerprint density at radius 2 is 1.67 bits per heavy atom. The van der Waals surface area contributed by atoms with Crippen LogP contribution in [0.1, 0.15) is 50.3 Å². The Hall–Kier alpha value is -3.38. The van der Waals surface area contributed by atoms with Crippen molar-refractivity contribution in [3.05, 3.63) is 58.1 Å². The van der Waals surface area contributed by atoms with E-state index in [0.29, 0.717) is 60.1 Å². The van der Waals surface area contributed by atoms with E-state index >= 15 is 0 Å². The molecule has 12 heteroatoms. The van der Waals surface area contributed by atoms with Crippen LogP contribution in [0.25, 0.3) is 0 Å². The molecule has 3 atom stereocenters. The molecule has 0 radical (unpaired) electrons. The summed E-state index contributed by atoms with van der Waals surface area (Å²) in [6.07, 6.45) is 2.53. The molecule has 11 nitrogen and oxygen atoms in total. The molecule has 4 N–H and O–H groups in total. The summed E-state index contributed by atoms with van der Waals surface area (Å²) in [5.74, 6) is -0.0698. The van der Waals surface area contributed by atoms with Gasteiger partial charge in [-0.05, 0) is 68.6 Å². The Morgan fingerprint density at radius 1 is 0.953 bits per heavy atom. The number of ether oxygens (including phenoxy) is 3. The van der Waals surface area contributed by atoms with Gasteiger partial charge in [-0.2, -0.15) is 0 Å². The van der Waals surface area contributed by atoms with Gasteiger partial charge in [-0.25, -0.2) is 4.79 Å². The van der Waals surface area contributed by atoms with Crippen molar-refractivity contribution in [2.24, 2.45) is 5.92 Å². The molecule has 2 aromatic carbocycles. The normalized spacial score (nSPS) is 25.1. The Labute approximate surface area is 256 Å². The van der Waals surface area contributed by atoms with Crippen LogP contribution in [0.4, 0.5) is 5.69 Å².